The molecule has 4 rings (SSSR count). The Morgan fingerprint density at radius 1 is 0.387 bits per heavy atom. The van der Waals surface area contributed by atoms with E-state index in [1.54, 1.807) is 32.9 Å². The van der Waals surface area contributed by atoms with Crippen molar-refractivity contribution in [1.82, 2.24) is 14.7 Å². The molecule has 0 aliphatic carbocycles. The Labute approximate surface area is 456 Å². The third kappa shape index (κ3) is 17.8. The molecule has 1 aliphatic rings. The van der Waals surface area contributed by atoms with Gasteiger partial charge in [-0.2, -0.15) is 0 Å². The lowest BCUT2D eigenvalue weighted by Crippen LogP contribution is -2.59. The van der Waals surface area contributed by atoms with Gasteiger partial charge in [-0.1, -0.05) is 182 Å². The summed E-state index contributed by atoms with van der Waals surface area (Å²) in [6.45, 7) is 46.0. The van der Waals surface area contributed by atoms with Crippen LogP contribution in [0.15, 0.2) is 54.6 Å². The number of hydrogen-bond donors (Lipinski definition) is 3. The number of carbonyl (C=O) groups excluding carboxylic acids is 3. The van der Waals surface area contributed by atoms with Crippen LogP contribution in [-0.4, -0.2) is 67.7 Å². The number of carbonyl (C=O) groups is 3. The van der Waals surface area contributed by atoms with Gasteiger partial charge in [0.1, 0.15) is 17.2 Å². The van der Waals surface area contributed by atoms with Gasteiger partial charge in [-0.25, -0.2) is 0 Å². The Balaban J connectivity index is 1.82. The van der Waals surface area contributed by atoms with E-state index in [0.717, 1.165) is 71.9 Å². The highest BCUT2D eigenvalue weighted by atomic mass is 16.3. The zero-order valence-electron chi connectivity index (χ0n) is 51.1. The largest absolute Gasteiger partial charge is 0.508 e. The fourth-order valence-electron chi connectivity index (χ4n) is 10.3. The minimum absolute atomic E-state index is 0.0583. The van der Waals surface area contributed by atoms with Crippen molar-refractivity contribution in [1.29, 1.82) is 0 Å². The zero-order valence-corrected chi connectivity index (χ0v) is 51.1. The van der Waals surface area contributed by atoms with Crippen LogP contribution in [0.1, 0.15) is 254 Å². The van der Waals surface area contributed by atoms with Gasteiger partial charge < -0.3 is 30.0 Å². The maximum atomic E-state index is 15.2. The number of benzene rings is 3. The van der Waals surface area contributed by atoms with E-state index in [1.807, 2.05) is 18.2 Å². The molecule has 3 aromatic rings. The summed E-state index contributed by atoms with van der Waals surface area (Å²) in [5.74, 6) is 0.966. The van der Waals surface area contributed by atoms with Gasteiger partial charge in [0.25, 0.3) is 0 Å². The van der Waals surface area contributed by atoms with Crippen molar-refractivity contribution in [2.24, 2.45) is 34.0 Å². The van der Waals surface area contributed by atoms with Crippen LogP contribution in [0.25, 0.3) is 0 Å². The molecule has 0 saturated carbocycles. The molecular formula is C66H105N3O6. The molecule has 3 aromatic carbocycles. The maximum Gasteiger partial charge on any atom is 0.226 e. The molecule has 9 nitrogen and oxygen atoms in total. The lowest BCUT2D eigenvalue weighted by molar-refractivity contribution is -0.159. The van der Waals surface area contributed by atoms with E-state index < -0.39 is 0 Å². The van der Waals surface area contributed by atoms with Crippen molar-refractivity contribution in [3.05, 3.63) is 88.0 Å². The quantitative estimate of drug-likeness (QED) is 0.117. The average molecular weight is 1040 g/mol. The van der Waals surface area contributed by atoms with Crippen LogP contribution in [-0.2, 0) is 30.6 Å². The molecule has 1 heterocycles. The minimum atomic E-state index is -0.323. The lowest BCUT2D eigenvalue weighted by Gasteiger charge is -2.43. The Kier molecular flexibility index (Phi) is 20.5. The first-order chi connectivity index (χ1) is 34.2. The molecule has 1 saturated heterocycles. The summed E-state index contributed by atoms with van der Waals surface area (Å²) in [5, 5.41) is 33.1. The van der Waals surface area contributed by atoms with Crippen molar-refractivity contribution < 1.29 is 29.7 Å². The lowest BCUT2D eigenvalue weighted by atomic mass is 9.76. The molecule has 0 bridgehead atoms. The maximum absolute atomic E-state index is 15.2. The number of aromatic hydroxyl groups is 3. The summed E-state index contributed by atoms with van der Waals surface area (Å²) < 4.78 is 0. The number of amides is 3. The normalized spacial score (nSPS) is 16.8. The van der Waals surface area contributed by atoms with Gasteiger partial charge in [0.05, 0.1) is 20.0 Å². The number of phenols is 3. The van der Waals surface area contributed by atoms with E-state index in [-0.39, 0.29) is 124 Å². The average Bonchev–Trinajstić information content (AvgIpc) is 3.28. The molecule has 0 aromatic heterocycles. The second kappa shape index (κ2) is 24.4. The van der Waals surface area contributed by atoms with Gasteiger partial charge in [0.15, 0.2) is 0 Å². The topological polar surface area (TPSA) is 122 Å². The molecule has 1 aliphatic heterocycles. The van der Waals surface area contributed by atoms with Gasteiger partial charge in [0.2, 0.25) is 17.7 Å². The fourth-order valence-corrected chi connectivity index (χ4v) is 10.3. The summed E-state index contributed by atoms with van der Waals surface area (Å²) in [7, 11) is 0. The third-order valence-electron chi connectivity index (χ3n) is 17.5. The van der Waals surface area contributed by atoms with Crippen molar-refractivity contribution in [2.75, 3.05) is 20.0 Å². The van der Waals surface area contributed by atoms with Gasteiger partial charge >= 0.3 is 0 Å². The van der Waals surface area contributed by atoms with E-state index in [4.69, 9.17) is 0 Å². The van der Waals surface area contributed by atoms with Crippen LogP contribution in [0.4, 0.5) is 0 Å². The first-order valence-corrected chi connectivity index (χ1v) is 28.5. The van der Waals surface area contributed by atoms with Crippen LogP contribution in [0.2, 0.25) is 0 Å². The molecule has 6 unspecified atom stereocenters. The Bertz CT molecular complexity index is 2120. The highest BCUT2D eigenvalue weighted by Gasteiger charge is 2.37. The third-order valence-corrected chi connectivity index (χ3v) is 17.5. The molecule has 420 valence electrons. The number of nitrogens with zero attached hydrogens (tertiary/aromatic N) is 3. The zero-order chi connectivity index (χ0) is 57.0. The van der Waals surface area contributed by atoms with Crippen LogP contribution < -0.4 is 0 Å². The van der Waals surface area contributed by atoms with E-state index in [2.05, 4.69) is 164 Å². The number of rotatable bonds is 18. The first kappa shape index (κ1) is 63.0. The molecule has 75 heavy (non-hydrogen) atoms. The molecule has 1 fully saturated rings. The number of hydrogen-bond acceptors (Lipinski definition) is 6. The summed E-state index contributed by atoms with van der Waals surface area (Å²) in [6, 6.07) is 17.4. The van der Waals surface area contributed by atoms with Crippen molar-refractivity contribution in [2.45, 2.75) is 237 Å². The molecule has 0 radical (unpaired) electrons. The molecule has 6 atom stereocenters. The van der Waals surface area contributed by atoms with Gasteiger partial charge in [-0.15, -0.1) is 0 Å². The summed E-state index contributed by atoms with van der Waals surface area (Å²) >= 11 is 0. The highest BCUT2D eigenvalue weighted by molar-refractivity contribution is 5.83. The minimum Gasteiger partial charge on any atom is -0.508 e. The predicted molar refractivity (Wildman–Crippen MR) is 311 cm³/mol. The standard InChI is InChI=1S/C66H105N3O6/c1-43(61(4,5)6)22-25-49(46-28-31-55(70)52(34-46)64(13,14)15)37-58(73)67-40-68(59(74)38-50(26-23-44(2)62(7,8)9)47-29-32-56(71)53(35-47)65(16,17)18)42-69(41-67)60(75)39-51(27-24-45(3)63(10,11)12)48-30-33-57(72)54(36-48)66(19,20)21/h28-36,43-45,49-51,70-72H,22-27,37-42H2,1-21H3. The van der Waals surface area contributed by atoms with Crippen LogP contribution in [0.5, 0.6) is 17.2 Å². The smallest absolute Gasteiger partial charge is 0.226 e. The van der Waals surface area contributed by atoms with Crippen LogP contribution >= 0.6 is 0 Å². The van der Waals surface area contributed by atoms with E-state index in [1.165, 1.54) is 0 Å². The Morgan fingerprint density at radius 2 is 0.600 bits per heavy atom. The van der Waals surface area contributed by atoms with Gasteiger partial charge in [-0.3, -0.25) is 14.4 Å². The SMILES string of the molecule is CC(CCC(CC(=O)N1CN(C(=O)CC(CCC(C)C(C)(C)C)c2ccc(O)c(C(C)(C)C)c2)CN(C(=O)CC(CCC(C)C(C)(C)C)c2ccc(O)c(C(C)(C)C)c2)C1)c1ccc(O)c(C(C)(C)C)c1)C(C)(C)C. The fraction of sp³-hybridized carbons (Fsp3) is 0.682. The molecule has 3 N–H and O–H groups in total. The van der Waals surface area contributed by atoms with Crippen LogP contribution in [0, 0.1) is 34.0 Å². The molecular weight excluding hydrogens is 931 g/mol. The van der Waals surface area contributed by atoms with E-state index in [9.17, 15) is 15.3 Å². The molecule has 9 heteroatoms. The van der Waals surface area contributed by atoms with Crippen LogP contribution in [0.3, 0.4) is 0 Å². The molecule has 3 amide bonds. The van der Waals surface area contributed by atoms with Crippen molar-refractivity contribution in [3.8, 4) is 17.2 Å². The summed E-state index contributed by atoms with van der Waals surface area (Å²) in [5.41, 5.74) is 4.73. The van der Waals surface area contributed by atoms with E-state index >= 15 is 14.4 Å². The van der Waals surface area contributed by atoms with E-state index in [0.29, 0.717) is 17.8 Å². The Morgan fingerprint density at radius 3 is 0.787 bits per heavy atom. The highest BCUT2D eigenvalue weighted by Crippen LogP contribution is 2.42. The van der Waals surface area contributed by atoms with Gasteiger partial charge in [0, 0.05) is 19.3 Å². The summed E-state index contributed by atoms with van der Waals surface area (Å²) in [6.07, 6.45) is 5.51. The number of phenolic OH excluding ortho intramolecular Hbond substituents is 3. The summed E-state index contributed by atoms with van der Waals surface area (Å²) in [4.78, 5) is 50.8. The van der Waals surface area contributed by atoms with Crippen molar-refractivity contribution >= 4 is 17.7 Å². The van der Waals surface area contributed by atoms with Gasteiger partial charge in [-0.05, 0) is 158 Å². The van der Waals surface area contributed by atoms with Crippen molar-refractivity contribution in [3.63, 3.8) is 0 Å². The predicted octanol–water partition coefficient (Wildman–Crippen LogP) is 16.3. The molecule has 0 spiro atoms. The second-order valence-electron chi connectivity index (χ2n) is 29.5. The Hall–Kier alpha value is -4.53. The second-order valence-corrected chi connectivity index (χ2v) is 29.5. The monoisotopic (exact) mass is 1040 g/mol. The first-order valence-electron chi connectivity index (χ1n) is 28.5.